The quantitative estimate of drug-likeness (QED) is 0.501. The Bertz CT molecular complexity index is 1360. The highest BCUT2D eigenvalue weighted by molar-refractivity contribution is 5.86. The van der Waals surface area contributed by atoms with Crippen molar-refractivity contribution in [3.63, 3.8) is 0 Å². The third-order valence-electron chi connectivity index (χ3n) is 6.45. The fourth-order valence-corrected chi connectivity index (χ4v) is 4.74. The molecule has 0 spiro atoms. The monoisotopic (exact) mass is 423 g/mol. The minimum Gasteiger partial charge on any atom is -0.354 e. The first-order valence-electron chi connectivity index (χ1n) is 11.0. The molecule has 1 fully saturated rings. The number of piperazine rings is 1. The highest BCUT2D eigenvalue weighted by Crippen LogP contribution is 2.35. The molecule has 1 aliphatic heterocycles. The molecule has 6 heteroatoms. The Labute approximate surface area is 187 Å². The van der Waals surface area contributed by atoms with E-state index in [-0.39, 0.29) is 5.91 Å². The normalized spacial score (nSPS) is 14.2. The van der Waals surface area contributed by atoms with Crippen molar-refractivity contribution in [1.82, 2.24) is 14.3 Å². The summed E-state index contributed by atoms with van der Waals surface area (Å²) in [6.07, 6.45) is 0.728. The summed E-state index contributed by atoms with van der Waals surface area (Å²) in [5, 5.41) is 10.1. The molecule has 4 aromatic rings. The number of amides is 1. The predicted octanol–water partition coefficient (Wildman–Crippen LogP) is 3.93. The second-order valence-corrected chi connectivity index (χ2v) is 8.33. The molecule has 2 aromatic carbocycles. The summed E-state index contributed by atoms with van der Waals surface area (Å²) in [4.78, 5) is 21.0. The van der Waals surface area contributed by atoms with Crippen LogP contribution in [-0.4, -0.2) is 46.4 Å². The van der Waals surface area contributed by atoms with Gasteiger partial charge in [0.2, 0.25) is 5.91 Å². The van der Waals surface area contributed by atoms with E-state index in [1.165, 1.54) is 5.56 Å². The number of hydrogen-bond acceptors (Lipinski definition) is 4. The molecule has 1 amide bonds. The lowest BCUT2D eigenvalue weighted by molar-refractivity contribution is -0.129. The highest BCUT2D eigenvalue weighted by Gasteiger charge is 2.27. The maximum absolute atomic E-state index is 11.9. The predicted molar refractivity (Wildman–Crippen MR) is 126 cm³/mol. The Hall–Kier alpha value is -3.85. The van der Waals surface area contributed by atoms with Crippen LogP contribution in [-0.2, 0) is 11.2 Å². The van der Waals surface area contributed by atoms with Crippen molar-refractivity contribution in [2.45, 2.75) is 20.3 Å². The Morgan fingerprint density at radius 2 is 1.72 bits per heavy atom. The first kappa shape index (κ1) is 20.1. The Balaban J connectivity index is 1.77. The molecular formula is C26H25N5O. The molecule has 1 saturated heterocycles. The van der Waals surface area contributed by atoms with Crippen LogP contribution >= 0.6 is 0 Å². The van der Waals surface area contributed by atoms with E-state index in [0.717, 1.165) is 47.5 Å². The number of fused-ring (bicyclic) bond motifs is 3. The number of rotatable bonds is 3. The van der Waals surface area contributed by atoms with Crippen molar-refractivity contribution in [2.24, 2.45) is 0 Å². The van der Waals surface area contributed by atoms with Crippen LogP contribution in [0.4, 0.5) is 5.82 Å². The number of anilines is 1. The summed E-state index contributed by atoms with van der Waals surface area (Å²) >= 11 is 0. The number of carbonyl (C=O) groups excluding carboxylic acids is 1. The van der Waals surface area contributed by atoms with Gasteiger partial charge in [0.05, 0.1) is 16.6 Å². The number of nitriles is 1. The van der Waals surface area contributed by atoms with E-state index in [4.69, 9.17) is 4.98 Å². The van der Waals surface area contributed by atoms with Gasteiger partial charge in [-0.1, -0.05) is 42.5 Å². The van der Waals surface area contributed by atoms with Gasteiger partial charge in [0.25, 0.3) is 0 Å². The molecule has 160 valence electrons. The fraction of sp³-hybridized carbons (Fsp3) is 0.269. The van der Waals surface area contributed by atoms with Crippen LogP contribution < -0.4 is 4.90 Å². The van der Waals surface area contributed by atoms with Crippen LogP contribution in [0.15, 0.2) is 54.6 Å². The molecule has 0 atom stereocenters. The largest absolute Gasteiger partial charge is 0.354 e. The molecule has 2 aromatic heterocycles. The minimum absolute atomic E-state index is 0.114. The van der Waals surface area contributed by atoms with Crippen LogP contribution in [0.25, 0.3) is 16.7 Å². The van der Waals surface area contributed by atoms with Crippen LogP contribution in [0.2, 0.25) is 0 Å². The number of benzene rings is 2. The molecule has 5 rings (SSSR count). The molecule has 6 nitrogen and oxygen atoms in total. The summed E-state index contributed by atoms with van der Waals surface area (Å²) in [5.41, 5.74) is 6.51. The number of hydrogen-bond donors (Lipinski definition) is 0. The lowest BCUT2D eigenvalue weighted by Crippen LogP contribution is -2.49. The smallest absolute Gasteiger partial charge is 0.219 e. The number of aromatic nitrogens is 2. The molecule has 0 N–H and O–H groups in total. The first-order valence-corrected chi connectivity index (χ1v) is 11.0. The highest BCUT2D eigenvalue weighted by atomic mass is 16.2. The molecule has 0 unspecified atom stereocenters. The minimum atomic E-state index is 0.114. The molecule has 0 radical (unpaired) electrons. The van der Waals surface area contributed by atoms with E-state index in [2.05, 4.69) is 33.6 Å². The van der Waals surface area contributed by atoms with Crippen LogP contribution in [0.5, 0.6) is 0 Å². The second-order valence-electron chi connectivity index (χ2n) is 8.33. The zero-order chi connectivity index (χ0) is 22.2. The zero-order valence-electron chi connectivity index (χ0n) is 18.4. The van der Waals surface area contributed by atoms with E-state index in [9.17, 15) is 10.1 Å². The van der Waals surface area contributed by atoms with Gasteiger partial charge >= 0.3 is 0 Å². The average Bonchev–Trinajstić information content (AvgIpc) is 3.19. The van der Waals surface area contributed by atoms with Crippen LogP contribution in [0.1, 0.15) is 29.2 Å². The standard InChI is InChI=1S/C26H25N5O/c1-18-21(16-20-8-4-3-5-9-20)26(30-14-12-29(13-15-30)19(2)32)31-24-11-7-6-10-23(24)28-25(31)22(18)17-27/h3-11H,12-16H2,1-2H3. The van der Waals surface area contributed by atoms with Gasteiger partial charge in [0.1, 0.15) is 11.9 Å². The number of carbonyl (C=O) groups is 1. The number of nitrogens with zero attached hydrogens (tertiary/aromatic N) is 5. The van der Waals surface area contributed by atoms with E-state index in [1.807, 2.05) is 48.2 Å². The van der Waals surface area contributed by atoms with Gasteiger partial charge in [0, 0.05) is 45.1 Å². The van der Waals surface area contributed by atoms with E-state index >= 15 is 0 Å². The Morgan fingerprint density at radius 1 is 1.03 bits per heavy atom. The zero-order valence-corrected chi connectivity index (χ0v) is 18.4. The Morgan fingerprint density at radius 3 is 2.41 bits per heavy atom. The number of pyridine rings is 1. The first-order chi connectivity index (χ1) is 15.6. The summed E-state index contributed by atoms with van der Waals surface area (Å²) in [6, 6.07) is 20.8. The van der Waals surface area contributed by atoms with Crippen molar-refractivity contribution in [2.75, 3.05) is 31.1 Å². The summed E-state index contributed by atoms with van der Waals surface area (Å²) < 4.78 is 2.16. The van der Waals surface area contributed by atoms with Gasteiger partial charge in [-0.05, 0) is 30.2 Å². The summed E-state index contributed by atoms with van der Waals surface area (Å²) in [6.45, 7) is 6.53. The summed E-state index contributed by atoms with van der Waals surface area (Å²) in [5.74, 6) is 1.20. The van der Waals surface area contributed by atoms with Crippen LogP contribution in [0.3, 0.4) is 0 Å². The van der Waals surface area contributed by atoms with E-state index in [1.54, 1.807) is 6.92 Å². The average molecular weight is 424 g/mol. The van der Waals surface area contributed by atoms with Crippen molar-refractivity contribution in [3.05, 3.63) is 76.9 Å². The third-order valence-corrected chi connectivity index (χ3v) is 6.45. The third kappa shape index (κ3) is 3.27. The SMILES string of the molecule is CC(=O)N1CCN(c2c(Cc3ccccc3)c(C)c(C#N)c3nc4ccccc4n23)CC1. The van der Waals surface area contributed by atoms with Gasteiger partial charge in [-0.15, -0.1) is 0 Å². The maximum atomic E-state index is 11.9. The van der Waals surface area contributed by atoms with E-state index < -0.39 is 0 Å². The van der Waals surface area contributed by atoms with Crippen molar-refractivity contribution >= 4 is 28.4 Å². The van der Waals surface area contributed by atoms with E-state index in [0.29, 0.717) is 24.3 Å². The molecule has 1 aliphatic rings. The van der Waals surface area contributed by atoms with Gasteiger partial charge in [0.15, 0.2) is 5.65 Å². The lowest BCUT2D eigenvalue weighted by Gasteiger charge is -2.37. The van der Waals surface area contributed by atoms with Crippen LogP contribution in [0, 0.1) is 18.3 Å². The molecular weight excluding hydrogens is 398 g/mol. The summed E-state index contributed by atoms with van der Waals surface area (Å²) in [7, 11) is 0. The van der Waals surface area contributed by atoms with Crippen molar-refractivity contribution in [3.8, 4) is 6.07 Å². The molecule has 0 bridgehead atoms. The number of imidazole rings is 1. The van der Waals surface area contributed by atoms with Gasteiger partial charge in [-0.3, -0.25) is 9.20 Å². The maximum Gasteiger partial charge on any atom is 0.219 e. The van der Waals surface area contributed by atoms with Gasteiger partial charge < -0.3 is 9.80 Å². The topological polar surface area (TPSA) is 64.6 Å². The molecule has 0 aliphatic carbocycles. The molecule has 0 saturated carbocycles. The molecule has 32 heavy (non-hydrogen) atoms. The van der Waals surface area contributed by atoms with Gasteiger partial charge in [-0.25, -0.2) is 4.98 Å². The number of para-hydroxylation sites is 2. The van der Waals surface area contributed by atoms with Crippen molar-refractivity contribution in [1.29, 1.82) is 5.26 Å². The second kappa shape index (κ2) is 8.01. The molecule has 3 heterocycles. The lowest BCUT2D eigenvalue weighted by atomic mass is 9.97. The van der Waals surface area contributed by atoms with Gasteiger partial charge in [-0.2, -0.15) is 5.26 Å². The van der Waals surface area contributed by atoms with Crippen molar-refractivity contribution < 1.29 is 4.79 Å². The Kier molecular flexibility index (Phi) is 5.02. The fourth-order valence-electron chi connectivity index (χ4n) is 4.74.